The molecule has 3 aromatic rings. The zero-order chi connectivity index (χ0) is 19.4. The molecule has 0 radical (unpaired) electrons. The molecule has 0 aliphatic heterocycles. The van der Waals surface area contributed by atoms with Crippen LogP contribution in [-0.2, 0) is 6.54 Å². The van der Waals surface area contributed by atoms with E-state index in [4.69, 9.17) is 4.74 Å². The maximum Gasteiger partial charge on any atom is 0.255 e. The van der Waals surface area contributed by atoms with Crippen molar-refractivity contribution in [2.24, 2.45) is 0 Å². The molecule has 1 aromatic heterocycles. The van der Waals surface area contributed by atoms with Crippen LogP contribution in [0.1, 0.15) is 34.2 Å². The molecule has 0 aliphatic carbocycles. The van der Waals surface area contributed by atoms with Gasteiger partial charge in [0.25, 0.3) is 5.91 Å². The summed E-state index contributed by atoms with van der Waals surface area (Å²) < 4.78 is 20.6. The summed E-state index contributed by atoms with van der Waals surface area (Å²) in [5.41, 5.74) is 3.55. The van der Waals surface area contributed by atoms with Gasteiger partial charge in [-0.2, -0.15) is 5.10 Å². The normalized spacial score (nSPS) is 10.7. The van der Waals surface area contributed by atoms with Crippen molar-refractivity contribution in [1.29, 1.82) is 0 Å². The predicted octanol–water partition coefficient (Wildman–Crippen LogP) is 4.34. The molecule has 1 amide bonds. The Balaban J connectivity index is 1.77. The maximum absolute atomic E-state index is 13.4. The van der Waals surface area contributed by atoms with Crippen LogP contribution < -0.4 is 10.1 Å². The molecule has 6 heteroatoms. The molecule has 0 fully saturated rings. The molecule has 27 heavy (non-hydrogen) atoms. The molecule has 2 aromatic carbocycles. The van der Waals surface area contributed by atoms with Gasteiger partial charge in [-0.3, -0.25) is 9.48 Å². The summed E-state index contributed by atoms with van der Waals surface area (Å²) in [6.07, 6.45) is 0. The lowest BCUT2D eigenvalue weighted by atomic mass is 10.2. The Bertz CT molecular complexity index is 949. The smallest absolute Gasteiger partial charge is 0.255 e. The third-order valence-electron chi connectivity index (χ3n) is 4.27. The van der Waals surface area contributed by atoms with E-state index in [2.05, 4.69) is 10.4 Å². The lowest BCUT2D eigenvalue weighted by molar-refractivity contribution is 0.102. The number of aromatic nitrogens is 2. The second-order valence-electron chi connectivity index (χ2n) is 6.24. The monoisotopic (exact) mass is 367 g/mol. The number of nitrogens with zero attached hydrogens (tertiary/aromatic N) is 2. The first-order valence-corrected chi connectivity index (χ1v) is 8.80. The minimum Gasteiger partial charge on any atom is -0.494 e. The van der Waals surface area contributed by atoms with Gasteiger partial charge in [-0.15, -0.1) is 0 Å². The van der Waals surface area contributed by atoms with Gasteiger partial charge in [0.1, 0.15) is 11.6 Å². The first-order chi connectivity index (χ1) is 13.0. The average molecular weight is 367 g/mol. The van der Waals surface area contributed by atoms with E-state index in [1.807, 2.05) is 26.8 Å². The van der Waals surface area contributed by atoms with E-state index in [1.54, 1.807) is 35.0 Å². The highest BCUT2D eigenvalue weighted by atomic mass is 19.1. The number of nitrogens with one attached hydrogen (secondary N) is 1. The van der Waals surface area contributed by atoms with Crippen LogP contribution in [-0.4, -0.2) is 22.3 Å². The van der Waals surface area contributed by atoms with Crippen molar-refractivity contribution in [1.82, 2.24) is 9.78 Å². The number of amides is 1. The number of anilines is 1. The van der Waals surface area contributed by atoms with Crippen molar-refractivity contribution in [3.05, 3.63) is 76.9 Å². The van der Waals surface area contributed by atoms with Crippen LogP contribution in [0, 0.1) is 19.7 Å². The standard InChI is InChI=1S/C21H22FN3O2/c1-4-27-19-10-8-17(9-11-19)21(26)23-20-14(2)24-25(15(20)3)13-16-6-5-7-18(22)12-16/h5-12H,4,13H2,1-3H3,(H,23,26). The maximum atomic E-state index is 13.4. The van der Waals surface area contributed by atoms with Gasteiger partial charge in [0.05, 0.1) is 30.2 Å². The fraction of sp³-hybridized carbons (Fsp3) is 0.238. The Morgan fingerprint density at radius 3 is 2.59 bits per heavy atom. The van der Waals surface area contributed by atoms with E-state index >= 15 is 0 Å². The van der Waals surface area contributed by atoms with Gasteiger partial charge >= 0.3 is 0 Å². The van der Waals surface area contributed by atoms with Gasteiger partial charge in [-0.05, 0) is 62.7 Å². The summed E-state index contributed by atoms with van der Waals surface area (Å²) in [7, 11) is 0. The number of rotatable bonds is 6. The fourth-order valence-corrected chi connectivity index (χ4v) is 2.89. The second kappa shape index (κ2) is 8.03. The SMILES string of the molecule is CCOc1ccc(C(=O)Nc2c(C)nn(Cc3cccc(F)c3)c2C)cc1. The average Bonchev–Trinajstić information content (AvgIpc) is 2.90. The summed E-state index contributed by atoms with van der Waals surface area (Å²) in [5, 5.41) is 7.41. The van der Waals surface area contributed by atoms with Crippen molar-refractivity contribution < 1.29 is 13.9 Å². The molecule has 1 N–H and O–H groups in total. The summed E-state index contributed by atoms with van der Waals surface area (Å²) in [5.74, 6) is 0.233. The summed E-state index contributed by atoms with van der Waals surface area (Å²) in [6.45, 7) is 6.64. The third kappa shape index (κ3) is 4.34. The summed E-state index contributed by atoms with van der Waals surface area (Å²) in [4.78, 5) is 12.6. The topological polar surface area (TPSA) is 56.1 Å². The molecular weight excluding hydrogens is 345 g/mol. The largest absolute Gasteiger partial charge is 0.494 e. The summed E-state index contributed by atoms with van der Waals surface area (Å²) in [6, 6.07) is 13.4. The van der Waals surface area contributed by atoms with E-state index < -0.39 is 0 Å². The number of benzene rings is 2. The van der Waals surface area contributed by atoms with Crippen molar-refractivity contribution in [3.63, 3.8) is 0 Å². The molecule has 1 heterocycles. The Hall–Kier alpha value is -3.15. The van der Waals surface area contributed by atoms with Gasteiger partial charge in [-0.1, -0.05) is 12.1 Å². The second-order valence-corrected chi connectivity index (χ2v) is 6.24. The highest BCUT2D eigenvalue weighted by Crippen LogP contribution is 2.22. The van der Waals surface area contributed by atoms with Crippen LogP contribution in [0.3, 0.4) is 0 Å². The molecular formula is C21H22FN3O2. The van der Waals surface area contributed by atoms with Crippen molar-refractivity contribution in [2.45, 2.75) is 27.3 Å². The molecule has 0 bridgehead atoms. The van der Waals surface area contributed by atoms with E-state index in [0.717, 1.165) is 17.0 Å². The van der Waals surface area contributed by atoms with Gasteiger partial charge in [0.2, 0.25) is 0 Å². The Morgan fingerprint density at radius 1 is 1.19 bits per heavy atom. The lowest BCUT2D eigenvalue weighted by Crippen LogP contribution is -2.13. The Kier molecular flexibility index (Phi) is 5.54. The molecule has 3 rings (SSSR count). The molecule has 0 aliphatic rings. The first kappa shape index (κ1) is 18.6. The van der Waals surface area contributed by atoms with Crippen molar-refractivity contribution >= 4 is 11.6 Å². The van der Waals surface area contributed by atoms with Gasteiger partial charge in [0.15, 0.2) is 0 Å². The zero-order valence-corrected chi connectivity index (χ0v) is 15.6. The number of halogens is 1. The van der Waals surface area contributed by atoms with E-state index in [9.17, 15) is 9.18 Å². The zero-order valence-electron chi connectivity index (χ0n) is 15.6. The Labute approximate surface area is 157 Å². The number of ether oxygens (including phenoxy) is 1. The van der Waals surface area contributed by atoms with E-state index in [1.165, 1.54) is 12.1 Å². The highest BCUT2D eigenvalue weighted by molar-refractivity contribution is 6.04. The van der Waals surface area contributed by atoms with Crippen LogP contribution in [0.5, 0.6) is 5.75 Å². The van der Waals surface area contributed by atoms with E-state index in [0.29, 0.717) is 30.1 Å². The Morgan fingerprint density at radius 2 is 1.93 bits per heavy atom. The highest BCUT2D eigenvalue weighted by Gasteiger charge is 2.15. The molecule has 0 atom stereocenters. The van der Waals surface area contributed by atoms with Gasteiger partial charge < -0.3 is 10.1 Å². The number of hydrogen-bond donors (Lipinski definition) is 1. The van der Waals surface area contributed by atoms with Crippen LogP contribution in [0.4, 0.5) is 10.1 Å². The molecule has 0 unspecified atom stereocenters. The number of hydrogen-bond acceptors (Lipinski definition) is 3. The predicted molar refractivity (Wildman–Crippen MR) is 103 cm³/mol. The van der Waals surface area contributed by atoms with Crippen molar-refractivity contribution in [3.8, 4) is 5.75 Å². The summed E-state index contributed by atoms with van der Waals surface area (Å²) >= 11 is 0. The fourth-order valence-electron chi connectivity index (χ4n) is 2.89. The van der Waals surface area contributed by atoms with Crippen LogP contribution in [0.25, 0.3) is 0 Å². The molecule has 5 nitrogen and oxygen atoms in total. The molecule has 0 spiro atoms. The minimum absolute atomic E-state index is 0.213. The number of aryl methyl sites for hydroxylation is 1. The number of carbonyl (C=O) groups excluding carboxylic acids is 1. The lowest BCUT2D eigenvalue weighted by Gasteiger charge is -2.08. The first-order valence-electron chi connectivity index (χ1n) is 8.80. The molecule has 0 saturated carbocycles. The van der Waals surface area contributed by atoms with Gasteiger partial charge in [0, 0.05) is 5.56 Å². The number of carbonyl (C=O) groups is 1. The van der Waals surface area contributed by atoms with Crippen LogP contribution in [0.2, 0.25) is 0 Å². The third-order valence-corrected chi connectivity index (χ3v) is 4.27. The minimum atomic E-state index is -0.280. The quantitative estimate of drug-likeness (QED) is 0.705. The van der Waals surface area contributed by atoms with Crippen LogP contribution in [0.15, 0.2) is 48.5 Å². The van der Waals surface area contributed by atoms with E-state index in [-0.39, 0.29) is 11.7 Å². The van der Waals surface area contributed by atoms with Crippen molar-refractivity contribution in [2.75, 3.05) is 11.9 Å². The molecule has 140 valence electrons. The molecule has 0 saturated heterocycles. The van der Waals surface area contributed by atoms with Crippen LogP contribution >= 0.6 is 0 Å². The van der Waals surface area contributed by atoms with Gasteiger partial charge in [-0.25, -0.2) is 4.39 Å².